The molecule has 0 radical (unpaired) electrons. The maximum absolute atomic E-state index is 11.5. The number of ether oxygens (including phenoxy) is 1. The van der Waals surface area contributed by atoms with Crippen molar-refractivity contribution in [2.45, 2.75) is 19.9 Å². The molecule has 0 bridgehead atoms. The molecule has 1 atom stereocenters. The number of nitrogens with two attached hydrogens (primary N) is 1. The van der Waals surface area contributed by atoms with E-state index < -0.39 is 6.04 Å². The molecule has 88 valence electrons. The molecule has 16 heavy (non-hydrogen) atoms. The molecule has 5 heteroatoms. The lowest BCUT2D eigenvalue weighted by Crippen LogP contribution is -2.32. The molecular formula is C11H15BrN2O2. The topological polar surface area (TPSA) is 64.3 Å². The van der Waals surface area contributed by atoms with Gasteiger partial charge in [0.1, 0.15) is 5.75 Å². The van der Waals surface area contributed by atoms with Crippen molar-refractivity contribution in [2.75, 3.05) is 12.4 Å². The number of hydrogen-bond acceptors (Lipinski definition) is 3. The number of aryl methyl sites for hydroxylation is 1. The van der Waals surface area contributed by atoms with Gasteiger partial charge in [-0.05, 0) is 31.5 Å². The number of rotatable bonds is 3. The van der Waals surface area contributed by atoms with E-state index in [1.165, 1.54) is 0 Å². The SMILES string of the molecule is COc1cc(Br)cc(C)c1NC(=O)[C@H](C)N. The Kier molecular flexibility index (Phi) is 4.32. The van der Waals surface area contributed by atoms with Gasteiger partial charge in [-0.25, -0.2) is 0 Å². The molecule has 0 aliphatic rings. The van der Waals surface area contributed by atoms with Gasteiger partial charge in [0.15, 0.2) is 0 Å². The van der Waals surface area contributed by atoms with E-state index in [4.69, 9.17) is 10.5 Å². The zero-order valence-electron chi connectivity index (χ0n) is 9.50. The van der Waals surface area contributed by atoms with Gasteiger partial charge in [-0.2, -0.15) is 0 Å². The molecule has 0 aromatic heterocycles. The van der Waals surface area contributed by atoms with Crippen molar-refractivity contribution in [3.8, 4) is 5.75 Å². The minimum absolute atomic E-state index is 0.233. The quantitative estimate of drug-likeness (QED) is 0.894. The van der Waals surface area contributed by atoms with E-state index in [1.54, 1.807) is 20.1 Å². The molecule has 3 N–H and O–H groups in total. The average Bonchev–Trinajstić information content (AvgIpc) is 2.21. The average molecular weight is 287 g/mol. The first-order valence-corrected chi connectivity index (χ1v) is 5.65. The number of hydrogen-bond donors (Lipinski definition) is 2. The molecule has 1 rings (SSSR count). The van der Waals surface area contributed by atoms with Gasteiger partial charge in [-0.15, -0.1) is 0 Å². The highest BCUT2D eigenvalue weighted by Gasteiger charge is 2.13. The van der Waals surface area contributed by atoms with Crippen molar-refractivity contribution in [3.05, 3.63) is 22.2 Å². The van der Waals surface area contributed by atoms with E-state index in [9.17, 15) is 4.79 Å². The third-order valence-electron chi connectivity index (χ3n) is 2.15. The normalized spacial score (nSPS) is 12.1. The van der Waals surface area contributed by atoms with Crippen LogP contribution in [-0.2, 0) is 4.79 Å². The summed E-state index contributed by atoms with van der Waals surface area (Å²) >= 11 is 3.37. The summed E-state index contributed by atoms with van der Waals surface area (Å²) in [5, 5.41) is 2.75. The number of benzene rings is 1. The number of carbonyl (C=O) groups excluding carboxylic acids is 1. The molecule has 0 spiro atoms. The molecule has 4 nitrogen and oxygen atoms in total. The van der Waals surface area contributed by atoms with Crippen LogP contribution in [0.25, 0.3) is 0 Å². The highest BCUT2D eigenvalue weighted by atomic mass is 79.9. The molecule has 0 aliphatic carbocycles. The monoisotopic (exact) mass is 286 g/mol. The van der Waals surface area contributed by atoms with Crippen LogP contribution in [0.3, 0.4) is 0 Å². The Labute approximate surface area is 103 Å². The number of anilines is 1. The van der Waals surface area contributed by atoms with Gasteiger partial charge in [0.25, 0.3) is 0 Å². The summed E-state index contributed by atoms with van der Waals surface area (Å²) in [6, 6.07) is 3.15. The molecule has 1 aromatic rings. The van der Waals surface area contributed by atoms with Crippen LogP contribution in [0.1, 0.15) is 12.5 Å². The van der Waals surface area contributed by atoms with Crippen molar-refractivity contribution < 1.29 is 9.53 Å². The summed E-state index contributed by atoms with van der Waals surface area (Å²) in [5.41, 5.74) is 7.07. The summed E-state index contributed by atoms with van der Waals surface area (Å²) in [4.78, 5) is 11.5. The molecule has 1 amide bonds. The van der Waals surface area contributed by atoms with Crippen LogP contribution in [-0.4, -0.2) is 19.1 Å². The number of nitrogens with one attached hydrogen (secondary N) is 1. The Morgan fingerprint density at radius 1 is 1.56 bits per heavy atom. The van der Waals surface area contributed by atoms with Gasteiger partial charge >= 0.3 is 0 Å². The molecule has 1 aromatic carbocycles. The number of carbonyl (C=O) groups is 1. The van der Waals surface area contributed by atoms with E-state index in [2.05, 4.69) is 21.2 Å². The Bertz CT molecular complexity index is 405. The highest BCUT2D eigenvalue weighted by molar-refractivity contribution is 9.10. The predicted molar refractivity (Wildman–Crippen MR) is 67.7 cm³/mol. The molecule has 0 aliphatic heterocycles. The van der Waals surface area contributed by atoms with Crippen LogP contribution in [0.15, 0.2) is 16.6 Å². The maximum atomic E-state index is 11.5. The van der Waals surface area contributed by atoms with E-state index in [1.807, 2.05) is 13.0 Å². The first-order chi connectivity index (χ1) is 7.45. The molecular weight excluding hydrogens is 272 g/mol. The van der Waals surface area contributed by atoms with Gasteiger partial charge in [0.2, 0.25) is 5.91 Å². The van der Waals surface area contributed by atoms with Crippen LogP contribution < -0.4 is 15.8 Å². The number of methoxy groups -OCH3 is 1. The van der Waals surface area contributed by atoms with Crippen LogP contribution >= 0.6 is 15.9 Å². The number of amides is 1. The summed E-state index contributed by atoms with van der Waals surface area (Å²) in [6.07, 6.45) is 0. The highest BCUT2D eigenvalue weighted by Crippen LogP contribution is 2.32. The minimum atomic E-state index is -0.548. The van der Waals surface area contributed by atoms with Crippen LogP contribution in [0.5, 0.6) is 5.75 Å². The zero-order valence-corrected chi connectivity index (χ0v) is 11.1. The Balaban J connectivity index is 3.07. The fourth-order valence-corrected chi connectivity index (χ4v) is 1.82. The van der Waals surface area contributed by atoms with Gasteiger partial charge in [-0.1, -0.05) is 15.9 Å². The molecule has 0 fully saturated rings. The second-order valence-electron chi connectivity index (χ2n) is 3.58. The lowest BCUT2D eigenvalue weighted by atomic mass is 10.1. The lowest BCUT2D eigenvalue weighted by Gasteiger charge is -2.14. The summed E-state index contributed by atoms with van der Waals surface area (Å²) < 4.78 is 6.11. The van der Waals surface area contributed by atoms with Crippen molar-refractivity contribution in [2.24, 2.45) is 5.73 Å². The Morgan fingerprint density at radius 2 is 2.19 bits per heavy atom. The van der Waals surface area contributed by atoms with E-state index in [-0.39, 0.29) is 5.91 Å². The van der Waals surface area contributed by atoms with E-state index >= 15 is 0 Å². The third-order valence-corrected chi connectivity index (χ3v) is 2.60. The first kappa shape index (κ1) is 13.0. The Hall–Kier alpha value is -1.07. The van der Waals surface area contributed by atoms with Crippen molar-refractivity contribution >= 4 is 27.5 Å². The standard InChI is InChI=1S/C11H15BrN2O2/c1-6-4-8(12)5-9(16-3)10(6)14-11(15)7(2)13/h4-5,7H,13H2,1-3H3,(H,14,15)/t7-/m0/s1. The third kappa shape index (κ3) is 2.96. The summed E-state index contributed by atoms with van der Waals surface area (Å²) in [6.45, 7) is 3.53. The fraction of sp³-hybridized carbons (Fsp3) is 0.364. The van der Waals surface area contributed by atoms with Crippen molar-refractivity contribution in [1.82, 2.24) is 0 Å². The van der Waals surface area contributed by atoms with Crippen LogP contribution in [0.4, 0.5) is 5.69 Å². The van der Waals surface area contributed by atoms with Gasteiger partial charge < -0.3 is 15.8 Å². The smallest absolute Gasteiger partial charge is 0.241 e. The van der Waals surface area contributed by atoms with Crippen LogP contribution in [0.2, 0.25) is 0 Å². The Morgan fingerprint density at radius 3 is 2.69 bits per heavy atom. The lowest BCUT2D eigenvalue weighted by molar-refractivity contribution is -0.117. The minimum Gasteiger partial charge on any atom is -0.495 e. The molecule has 0 saturated heterocycles. The second-order valence-corrected chi connectivity index (χ2v) is 4.49. The van der Waals surface area contributed by atoms with Crippen molar-refractivity contribution in [3.63, 3.8) is 0 Å². The first-order valence-electron chi connectivity index (χ1n) is 4.86. The molecule has 0 saturated carbocycles. The van der Waals surface area contributed by atoms with Crippen LogP contribution in [0, 0.1) is 6.92 Å². The van der Waals surface area contributed by atoms with Crippen molar-refractivity contribution in [1.29, 1.82) is 0 Å². The zero-order chi connectivity index (χ0) is 12.3. The van der Waals surface area contributed by atoms with Gasteiger partial charge in [0, 0.05) is 4.47 Å². The van der Waals surface area contributed by atoms with Gasteiger partial charge in [-0.3, -0.25) is 4.79 Å². The van der Waals surface area contributed by atoms with E-state index in [0.29, 0.717) is 11.4 Å². The molecule has 0 heterocycles. The maximum Gasteiger partial charge on any atom is 0.241 e. The summed E-state index contributed by atoms with van der Waals surface area (Å²) in [5.74, 6) is 0.379. The number of halogens is 1. The fourth-order valence-electron chi connectivity index (χ4n) is 1.27. The van der Waals surface area contributed by atoms with E-state index in [0.717, 1.165) is 10.0 Å². The summed E-state index contributed by atoms with van der Waals surface area (Å²) in [7, 11) is 1.56. The van der Waals surface area contributed by atoms with Gasteiger partial charge in [0.05, 0.1) is 18.8 Å². The second kappa shape index (κ2) is 5.32. The largest absolute Gasteiger partial charge is 0.495 e. The predicted octanol–water partition coefficient (Wildman–Crippen LogP) is 2.05. The molecule has 0 unspecified atom stereocenters.